The number of hydrogen-bond donors (Lipinski definition) is 0. The SMILES string of the molecule is Cc1ccc(-c2ncccn2)nc1. The molecule has 0 aliphatic rings. The Morgan fingerprint density at radius 1 is 1.00 bits per heavy atom. The van der Waals surface area contributed by atoms with E-state index in [-0.39, 0.29) is 0 Å². The lowest BCUT2D eigenvalue weighted by Gasteiger charge is -1.97. The van der Waals surface area contributed by atoms with Crippen molar-refractivity contribution in [2.75, 3.05) is 0 Å². The third-order valence-electron chi connectivity index (χ3n) is 1.71. The van der Waals surface area contributed by atoms with Crippen LogP contribution in [0.2, 0.25) is 0 Å². The molecule has 0 aliphatic carbocycles. The Labute approximate surface area is 76.5 Å². The minimum absolute atomic E-state index is 0.669. The predicted molar refractivity (Wildman–Crippen MR) is 50.0 cm³/mol. The van der Waals surface area contributed by atoms with E-state index >= 15 is 0 Å². The lowest BCUT2D eigenvalue weighted by molar-refractivity contribution is 1.13. The Bertz CT molecular complexity index is 381. The summed E-state index contributed by atoms with van der Waals surface area (Å²) in [5, 5.41) is 0. The summed E-state index contributed by atoms with van der Waals surface area (Å²) >= 11 is 0. The Balaban J connectivity index is 2.42. The van der Waals surface area contributed by atoms with E-state index in [0.717, 1.165) is 11.3 Å². The van der Waals surface area contributed by atoms with Crippen molar-refractivity contribution in [3.8, 4) is 11.5 Å². The van der Waals surface area contributed by atoms with Gasteiger partial charge in [0.1, 0.15) is 5.69 Å². The average Bonchev–Trinajstić information content (AvgIpc) is 2.20. The number of aryl methyl sites for hydroxylation is 1. The molecule has 13 heavy (non-hydrogen) atoms. The molecule has 0 unspecified atom stereocenters. The summed E-state index contributed by atoms with van der Waals surface area (Å²) < 4.78 is 0. The molecule has 2 aromatic heterocycles. The second-order valence-electron chi connectivity index (χ2n) is 2.79. The van der Waals surface area contributed by atoms with Crippen LogP contribution in [0, 0.1) is 6.92 Å². The van der Waals surface area contributed by atoms with Crippen molar-refractivity contribution in [1.29, 1.82) is 0 Å². The van der Waals surface area contributed by atoms with Crippen LogP contribution in [-0.4, -0.2) is 15.0 Å². The summed E-state index contributed by atoms with van der Waals surface area (Å²) in [6, 6.07) is 5.71. The molecule has 2 heterocycles. The fourth-order valence-corrected chi connectivity index (χ4v) is 1.03. The van der Waals surface area contributed by atoms with Gasteiger partial charge < -0.3 is 0 Å². The molecule has 0 aromatic carbocycles. The lowest BCUT2D eigenvalue weighted by atomic mass is 10.2. The van der Waals surface area contributed by atoms with Crippen LogP contribution in [0.15, 0.2) is 36.8 Å². The highest BCUT2D eigenvalue weighted by molar-refractivity contribution is 5.48. The van der Waals surface area contributed by atoms with E-state index in [2.05, 4.69) is 15.0 Å². The van der Waals surface area contributed by atoms with E-state index in [1.54, 1.807) is 18.5 Å². The van der Waals surface area contributed by atoms with Crippen LogP contribution in [0.25, 0.3) is 11.5 Å². The van der Waals surface area contributed by atoms with Gasteiger partial charge in [-0.1, -0.05) is 6.07 Å². The summed E-state index contributed by atoms with van der Waals surface area (Å²) in [7, 11) is 0. The molecular formula is C10H9N3. The van der Waals surface area contributed by atoms with E-state index in [1.807, 2.05) is 25.3 Å². The second kappa shape index (κ2) is 3.31. The maximum absolute atomic E-state index is 4.22. The molecule has 0 spiro atoms. The van der Waals surface area contributed by atoms with Crippen LogP contribution in [0.3, 0.4) is 0 Å². The number of aromatic nitrogens is 3. The lowest BCUT2D eigenvalue weighted by Crippen LogP contribution is -1.89. The second-order valence-corrected chi connectivity index (χ2v) is 2.79. The molecule has 3 nitrogen and oxygen atoms in total. The molecule has 64 valence electrons. The van der Waals surface area contributed by atoms with Gasteiger partial charge in [0.05, 0.1) is 0 Å². The summed E-state index contributed by atoms with van der Waals surface area (Å²) in [5.74, 6) is 0.669. The van der Waals surface area contributed by atoms with E-state index in [9.17, 15) is 0 Å². The van der Waals surface area contributed by atoms with Crippen LogP contribution < -0.4 is 0 Å². The zero-order valence-corrected chi connectivity index (χ0v) is 7.31. The highest BCUT2D eigenvalue weighted by Gasteiger charge is 1.98. The van der Waals surface area contributed by atoms with Crippen LogP contribution >= 0.6 is 0 Å². The highest BCUT2D eigenvalue weighted by Crippen LogP contribution is 2.09. The quantitative estimate of drug-likeness (QED) is 0.657. The van der Waals surface area contributed by atoms with Gasteiger partial charge in [-0.2, -0.15) is 0 Å². The van der Waals surface area contributed by atoms with Gasteiger partial charge in [0, 0.05) is 18.6 Å². The fraction of sp³-hybridized carbons (Fsp3) is 0.100. The zero-order valence-electron chi connectivity index (χ0n) is 7.31. The number of hydrogen-bond acceptors (Lipinski definition) is 3. The third-order valence-corrected chi connectivity index (χ3v) is 1.71. The first kappa shape index (κ1) is 7.86. The van der Waals surface area contributed by atoms with Crippen molar-refractivity contribution in [1.82, 2.24) is 15.0 Å². The molecule has 0 radical (unpaired) electrons. The molecule has 0 fully saturated rings. The molecular weight excluding hydrogens is 162 g/mol. The van der Waals surface area contributed by atoms with Crippen molar-refractivity contribution in [2.45, 2.75) is 6.92 Å². The summed E-state index contributed by atoms with van der Waals surface area (Å²) in [5.41, 5.74) is 1.95. The van der Waals surface area contributed by atoms with Crippen LogP contribution in [-0.2, 0) is 0 Å². The predicted octanol–water partition coefficient (Wildman–Crippen LogP) is 1.85. The Morgan fingerprint density at radius 2 is 1.77 bits per heavy atom. The Hall–Kier alpha value is -1.77. The largest absolute Gasteiger partial charge is 0.253 e. The van der Waals surface area contributed by atoms with Gasteiger partial charge in [-0.15, -0.1) is 0 Å². The van der Waals surface area contributed by atoms with E-state index in [4.69, 9.17) is 0 Å². The molecule has 0 saturated carbocycles. The molecule has 0 atom stereocenters. The van der Waals surface area contributed by atoms with Crippen molar-refractivity contribution in [2.24, 2.45) is 0 Å². The molecule has 2 aromatic rings. The number of pyridine rings is 1. The molecule has 0 saturated heterocycles. The molecule has 0 aliphatic heterocycles. The van der Waals surface area contributed by atoms with Gasteiger partial charge in [-0.3, -0.25) is 4.98 Å². The molecule has 0 amide bonds. The maximum atomic E-state index is 4.22. The summed E-state index contributed by atoms with van der Waals surface area (Å²) in [4.78, 5) is 12.4. The van der Waals surface area contributed by atoms with Gasteiger partial charge in [-0.25, -0.2) is 9.97 Å². The topological polar surface area (TPSA) is 38.7 Å². The fourth-order valence-electron chi connectivity index (χ4n) is 1.03. The molecule has 3 heteroatoms. The monoisotopic (exact) mass is 171 g/mol. The van der Waals surface area contributed by atoms with E-state index < -0.39 is 0 Å². The standard InChI is InChI=1S/C10H9N3/c1-8-3-4-9(13-7-8)10-11-5-2-6-12-10/h2-7H,1H3. The maximum Gasteiger partial charge on any atom is 0.178 e. The zero-order chi connectivity index (χ0) is 9.10. The average molecular weight is 171 g/mol. The van der Waals surface area contributed by atoms with Gasteiger partial charge >= 0.3 is 0 Å². The first-order chi connectivity index (χ1) is 6.36. The van der Waals surface area contributed by atoms with Crippen LogP contribution in [0.5, 0.6) is 0 Å². The minimum Gasteiger partial charge on any atom is -0.253 e. The number of nitrogens with zero attached hydrogens (tertiary/aromatic N) is 3. The van der Waals surface area contributed by atoms with Gasteiger partial charge in [0.25, 0.3) is 0 Å². The van der Waals surface area contributed by atoms with Gasteiger partial charge in [-0.05, 0) is 24.6 Å². The molecule has 2 rings (SSSR count). The van der Waals surface area contributed by atoms with E-state index in [1.165, 1.54) is 0 Å². The Kier molecular flexibility index (Phi) is 2.00. The third kappa shape index (κ3) is 1.69. The van der Waals surface area contributed by atoms with Crippen molar-refractivity contribution in [3.63, 3.8) is 0 Å². The first-order valence-electron chi connectivity index (χ1n) is 4.06. The summed E-state index contributed by atoms with van der Waals surface area (Å²) in [6.07, 6.45) is 5.24. The minimum atomic E-state index is 0.669. The van der Waals surface area contributed by atoms with Crippen molar-refractivity contribution < 1.29 is 0 Å². The van der Waals surface area contributed by atoms with Gasteiger partial charge in [0.2, 0.25) is 0 Å². The molecule has 0 N–H and O–H groups in total. The Morgan fingerprint density at radius 3 is 2.38 bits per heavy atom. The van der Waals surface area contributed by atoms with Crippen molar-refractivity contribution >= 4 is 0 Å². The van der Waals surface area contributed by atoms with E-state index in [0.29, 0.717) is 5.82 Å². The highest BCUT2D eigenvalue weighted by atomic mass is 14.9. The van der Waals surface area contributed by atoms with Gasteiger partial charge in [0.15, 0.2) is 5.82 Å². The van der Waals surface area contributed by atoms with Crippen LogP contribution in [0.1, 0.15) is 5.56 Å². The normalized spacial score (nSPS) is 9.92. The first-order valence-corrected chi connectivity index (χ1v) is 4.06. The van der Waals surface area contributed by atoms with Crippen molar-refractivity contribution in [3.05, 3.63) is 42.4 Å². The number of rotatable bonds is 1. The molecule has 0 bridgehead atoms. The smallest absolute Gasteiger partial charge is 0.178 e. The van der Waals surface area contributed by atoms with Crippen LogP contribution in [0.4, 0.5) is 0 Å². The summed E-state index contributed by atoms with van der Waals surface area (Å²) in [6.45, 7) is 2.00.